The second-order valence-electron chi connectivity index (χ2n) is 8.11. The zero-order valence-corrected chi connectivity index (χ0v) is 19.6. The van der Waals surface area contributed by atoms with Gasteiger partial charge in [-0.15, -0.1) is 11.3 Å². The molecule has 0 saturated carbocycles. The number of nitrogens with zero attached hydrogens (tertiary/aromatic N) is 3. The number of nitrogens with one attached hydrogen (secondary N) is 1. The number of thiazole rings is 2. The van der Waals surface area contributed by atoms with Gasteiger partial charge in [0.2, 0.25) is 5.91 Å². The number of piperidine rings is 1. The zero-order chi connectivity index (χ0) is 23.7. The van der Waals surface area contributed by atoms with Crippen molar-refractivity contribution in [2.24, 2.45) is 0 Å². The molecule has 1 aliphatic heterocycles. The van der Waals surface area contributed by atoms with Crippen LogP contribution < -0.4 is 5.32 Å². The molecule has 3 heterocycles. The zero-order valence-electron chi connectivity index (χ0n) is 18.0. The number of anilines is 1. The number of rotatable bonds is 5. The van der Waals surface area contributed by atoms with E-state index >= 15 is 0 Å². The van der Waals surface area contributed by atoms with Gasteiger partial charge in [-0.1, -0.05) is 23.5 Å². The van der Waals surface area contributed by atoms with Gasteiger partial charge in [-0.2, -0.15) is 0 Å². The van der Waals surface area contributed by atoms with E-state index in [4.69, 9.17) is 0 Å². The Morgan fingerprint density at radius 3 is 2.53 bits per heavy atom. The largest absolute Gasteiger partial charge is 0.342 e. The maximum atomic E-state index is 13.4. The molecule has 5 rings (SSSR count). The molecule has 34 heavy (non-hydrogen) atoms. The first-order valence-corrected chi connectivity index (χ1v) is 12.5. The smallest absolute Gasteiger partial charge is 0.276 e. The molecule has 1 fully saturated rings. The summed E-state index contributed by atoms with van der Waals surface area (Å²) < 4.78 is 27.1. The number of aromatic nitrogens is 2. The highest BCUT2D eigenvalue weighted by molar-refractivity contribution is 7.22. The van der Waals surface area contributed by atoms with Crippen LogP contribution in [0.2, 0.25) is 0 Å². The summed E-state index contributed by atoms with van der Waals surface area (Å²) in [6.07, 6.45) is 1.80. The Labute approximate surface area is 202 Å². The van der Waals surface area contributed by atoms with Crippen LogP contribution in [0.1, 0.15) is 39.8 Å². The molecular weight excluding hydrogens is 478 g/mol. The minimum Gasteiger partial charge on any atom is -0.342 e. The van der Waals surface area contributed by atoms with Crippen LogP contribution in [-0.4, -0.2) is 39.8 Å². The number of benzene rings is 2. The van der Waals surface area contributed by atoms with Gasteiger partial charge >= 0.3 is 0 Å². The molecule has 2 aromatic heterocycles. The molecule has 10 heteroatoms. The minimum atomic E-state index is -0.353. The average molecular weight is 499 g/mol. The van der Waals surface area contributed by atoms with Crippen molar-refractivity contribution in [3.63, 3.8) is 0 Å². The van der Waals surface area contributed by atoms with Gasteiger partial charge in [0, 0.05) is 24.4 Å². The molecule has 0 radical (unpaired) electrons. The molecule has 4 aromatic rings. The molecule has 0 spiro atoms. The number of hydrogen-bond acceptors (Lipinski definition) is 6. The Morgan fingerprint density at radius 2 is 1.76 bits per heavy atom. The number of hydrogen-bond donors (Lipinski definition) is 1. The van der Waals surface area contributed by atoms with Crippen molar-refractivity contribution in [1.29, 1.82) is 0 Å². The normalized spacial score (nSPS) is 14.5. The van der Waals surface area contributed by atoms with Crippen LogP contribution in [0.3, 0.4) is 0 Å². The fourth-order valence-electron chi connectivity index (χ4n) is 3.96. The molecule has 2 amide bonds. The number of halogens is 2. The van der Waals surface area contributed by atoms with Gasteiger partial charge in [-0.05, 0) is 48.7 Å². The van der Waals surface area contributed by atoms with Gasteiger partial charge in [-0.25, -0.2) is 18.7 Å². The summed E-state index contributed by atoms with van der Waals surface area (Å²) in [7, 11) is 0. The van der Waals surface area contributed by atoms with Gasteiger partial charge in [0.05, 0.1) is 21.6 Å². The first-order valence-electron chi connectivity index (χ1n) is 10.8. The van der Waals surface area contributed by atoms with Crippen molar-refractivity contribution in [2.75, 3.05) is 18.4 Å². The van der Waals surface area contributed by atoms with E-state index in [1.165, 1.54) is 46.9 Å². The van der Waals surface area contributed by atoms with Gasteiger partial charge < -0.3 is 4.90 Å². The van der Waals surface area contributed by atoms with Gasteiger partial charge in [0.25, 0.3) is 5.91 Å². The van der Waals surface area contributed by atoms with Crippen LogP contribution in [0, 0.1) is 11.6 Å². The topological polar surface area (TPSA) is 75.2 Å². The van der Waals surface area contributed by atoms with E-state index in [-0.39, 0.29) is 35.8 Å². The highest BCUT2D eigenvalue weighted by Gasteiger charge is 2.26. The molecule has 0 unspecified atom stereocenters. The predicted octanol–water partition coefficient (Wildman–Crippen LogP) is 5.23. The SMILES string of the molecule is O=C(Nc1nc2ccc(F)cc2s1)c1csc(C2CCN(C(=O)Cc3ccc(F)cc3)CC2)n1. The van der Waals surface area contributed by atoms with Crippen molar-refractivity contribution < 1.29 is 18.4 Å². The highest BCUT2D eigenvalue weighted by atomic mass is 32.1. The quantitative estimate of drug-likeness (QED) is 0.409. The van der Waals surface area contributed by atoms with Gasteiger partial charge in [0.1, 0.15) is 17.3 Å². The Hall–Kier alpha value is -3.24. The molecule has 2 aromatic carbocycles. The summed E-state index contributed by atoms with van der Waals surface area (Å²) in [5.41, 5.74) is 1.74. The fraction of sp³-hybridized carbons (Fsp3) is 0.250. The summed E-state index contributed by atoms with van der Waals surface area (Å²) in [5.74, 6) is -0.800. The van der Waals surface area contributed by atoms with Crippen molar-refractivity contribution in [3.05, 3.63) is 75.7 Å². The number of carbonyl (C=O) groups is 2. The molecule has 0 bridgehead atoms. The van der Waals surface area contributed by atoms with Crippen LogP contribution in [-0.2, 0) is 11.2 Å². The summed E-state index contributed by atoms with van der Waals surface area (Å²) in [5, 5.41) is 5.75. The molecule has 1 aliphatic rings. The predicted molar refractivity (Wildman–Crippen MR) is 128 cm³/mol. The van der Waals surface area contributed by atoms with Crippen molar-refractivity contribution in [3.8, 4) is 0 Å². The summed E-state index contributed by atoms with van der Waals surface area (Å²) in [4.78, 5) is 35.9. The van der Waals surface area contributed by atoms with Crippen molar-refractivity contribution >= 4 is 49.8 Å². The lowest BCUT2D eigenvalue weighted by molar-refractivity contribution is -0.131. The Kier molecular flexibility index (Phi) is 6.34. The summed E-state index contributed by atoms with van der Waals surface area (Å²) in [6, 6.07) is 10.3. The first kappa shape index (κ1) is 22.5. The summed E-state index contributed by atoms with van der Waals surface area (Å²) >= 11 is 2.65. The first-order chi connectivity index (χ1) is 16.4. The number of amides is 2. The van der Waals surface area contributed by atoms with Crippen LogP contribution in [0.5, 0.6) is 0 Å². The van der Waals surface area contributed by atoms with Crippen LogP contribution in [0.4, 0.5) is 13.9 Å². The molecule has 0 atom stereocenters. The number of fused-ring (bicyclic) bond motifs is 1. The molecule has 0 aliphatic carbocycles. The van der Waals surface area contributed by atoms with E-state index < -0.39 is 0 Å². The second-order valence-corrected chi connectivity index (χ2v) is 10.0. The van der Waals surface area contributed by atoms with E-state index in [9.17, 15) is 18.4 Å². The third-order valence-electron chi connectivity index (χ3n) is 5.79. The molecule has 1 N–H and O–H groups in total. The maximum absolute atomic E-state index is 13.4. The number of likely N-dealkylation sites (tertiary alicyclic amines) is 1. The third kappa shape index (κ3) is 4.97. The third-order valence-corrected chi connectivity index (χ3v) is 7.73. The Morgan fingerprint density at radius 1 is 1.03 bits per heavy atom. The lowest BCUT2D eigenvalue weighted by Gasteiger charge is -2.31. The van der Waals surface area contributed by atoms with Crippen molar-refractivity contribution in [2.45, 2.75) is 25.2 Å². The average Bonchev–Trinajstić information content (AvgIpc) is 3.47. The fourth-order valence-corrected chi connectivity index (χ4v) is 5.81. The minimum absolute atomic E-state index is 0.0278. The molecular formula is C24H20F2N4O2S2. The van der Waals surface area contributed by atoms with Gasteiger partial charge in [-0.3, -0.25) is 14.9 Å². The van der Waals surface area contributed by atoms with E-state index in [0.717, 1.165) is 23.4 Å². The van der Waals surface area contributed by atoms with E-state index in [2.05, 4.69) is 15.3 Å². The van der Waals surface area contributed by atoms with Crippen molar-refractivity contribution in [1.82, 2.24) is 14.9 Å². The molecule has 6 nitrogen and oxygen atoms in total. The lowest BCUT2D eigenvalue weighted by atomic mass is 9.97. The Balaban J connectivity index is 1.16. The maximum Gasteiger partial charge on any atom is 0.276 e. The van der Waals surface area contributed by atoms with E-state index in [1.807, 2.05) is 4.90 Å². The lowest BCUT2D eigenvalue weighted by Crippen LogP contribution is -2.38. The Bertz CT molecular complexity index is 1340. The monoisotopic (exact) mass is 498 g/mol. The molecule has 174 valence electrons. The van der Waals surface area contributed by atoms with Crippen LogP contribution in [0.15, 0.2) is 47.8 Å². The molecule has 1 saturated heterocycles. The second kappa shape index (κ2) is 9.55. The van der Waals surface area contributed by atoms with Crippen LogP contribution >= 0.6 is 22.7 Å². The van der Waals surface area contributed by atoms with Crippen LogP contribution in [0.25, 0.3) is 10.2 Å². The number of carbonyl (C=O) groups excluding carboxylic acids is 2. The highest BCUT2D eigenvalue weighted by Crippen LogP contribution is 2.31. The standard InChI is InChI=1S/C24H20F2N4O2S2/c25-16-3-1-14(2-4-16)11-21(31)30-9-7-15(8-10-30)23-27-19(13-33-23)22(32)29-24-28-18-6-5-17(26)12-20(18)34-24/h1-6,12-13,15H,7-11H2,(H,28,29,32). The summed E-state index contributed by atoms with van der Waals surface area (Å²) in [6.45, 7) is 1.24. The van der Waals surface area contributed by atoms with Gasteiger partial charge in [0.15, 0.2) is 5.13 Å². The van der Waals surface area contributed by atoms with E-state index in [0.29, 0.717) is 34.1 Å². The van der Waals surface area contributed by atoms with E-state index in [1.54, 1.807) is 23.6 Å².